The molecule has 64 valence electrons. The normalized spacial score (nSPS) is 37.5. The van der Waals surface area contributed by atoms with Crippen LogP contribution in [0.4, 0.5) is 0 Å². The van der Waals surface area contributed by atoms with Crippen LogP contribution in [0.2, 0.25) is 0 Å². The Hall–Kier alpha value is 0.0300. The highest BCUT2D eigenvalue weighted by Crippen LogP contribution is 2.38. The zero-order valence-corrected chi connectivity index (χ0v) is 8.19. The summed E-state index contributed by atoms with van der Waals surface area (Å²) in [5, 5.41) is 0.416. The van der Waals surface area contributed by atoms with Crippen LogP contribution in [0.1, 0.15) is 33.1 Å². The third-order valence-corrected chi connectivity index (χ3v) is 3.35. The molecular formula is C10H17Cl. The van der Waals surface area contributed by atoms with Crippen LogP contribution in [0.15, 0.2) is 12.2 Å². The van der Waals surface area contributed by atoms with E-state index in [-0.39, 0.29) is 0 Å². The minimum Gasteiger partial charge on any atom is -0.123 e. The fraction of sp³-hybridized carbons (Fsp3) is 0.800. The Morgan fingerprint density at radius 2 is 2.18 bits per heavy atom. The molecule has 1 aliphatic rings. The van der Waals surface area contributed by atoms with Gasteiger partial charge in [0.2, 0.25) is 0 Å². The molecule has 0 aromatic carbocycles. The van der Waals surface area contributed by atoms with E-state index in [1.54, 1.807) is 0 Å². The van der Waals surface area contributed by atoms with Gasteiger partial charge in [0, 0.05) is 5.38 Å². The van der Waals surface area contributed by atoms with Gasteiger partial charge in [0.1, 0.15) is 0 Å². The maximum absolute atomic E-state index is 6.11. The molecule has 1 heteroatoms. The van der Waals surface area contributed by atoms with Gasteiger partial charge in [-0.3, -0.25) is 0 Å². The molecule has 0 nitrogen and oxygen atoms in total. The highest BCUT2D eigenvalue weighted by atomic mass is 35.5. The number of halogens is 1. The lowest BCUT2D eigenvalue weighted by Crippen LogP contribution is -2.10. The summed E-state index contributed by atoms with van der Waals surface area (Å²) in [6.07, 6.45) is 3.66. The Labute approximate surface area is 74.6 Å². The van der Waals surface area contributed by atoms with E-state index in [9.17, 15) is 0 Å². The third kappa shape index (κ3) is 2.23. The number of allylic oxidation sites excluding steroid dienone is 1. The molecule has 0 aromatic rings. The molecule has 0 radical (unpaired) electrons. The topological polar surface area (TPSA) is 0 Å². The number of alkyl halides is 1. The van der Waals surface area contributed by atoms with Crippen molar-refractivity contribution in [2.75, 3.05) is 0 Å². The van der Waals surface area contributed by atoms with E-state index < -0.39 is 0 Å². The van der Waals surface area contributed by atoms with Gasteiger partial charge in [0.15, 0.2) is 0 Å². The van der Waals surface area contributed by atoms with E-state index in [0.29, 0.717) is 11.3 Å². The molecule has 1 rings (SSSR count). The number of hydrogen-bond donors (Lipinski definition) is 0. The SMILES string of the molecule is C=C(C)CC1CCC(Cl)C1C. The quantitative estimate of drug-likeness (QED) is 0.441. The zero-order valence-electron chi connectivity index (χ0n) is 7.44. The van der Waals surface area contributed by atoms with Crippen LogP contribution in [0.3, 0.4) is 0 Å². The molecule has 0 N–H and O–H groups in total. The lowest BCUT2D eigenvalue weighted by Gasteiger charge is -2.16. The van der Waals surface area contributed by atoms with Crippen LogP contribution in [0.5, 0.6) is 0 Å². The van der Waals surface area contributed by atoms with Gasteiger partial charge in [-0.25, -0.2) is 0 Å². The van der Waals surface area contributed by atoms with Crippen molar-refractivity contribution in [1.29, 1.82) is 0 Å². The van der Waals surface area contributed by atoms with Gasteiger partial charge in [-0.15, -0.1) is 18.2 Å². The summed E-state index contributed by atoms with van der Waals surface area (Å²) in [5.41, 5.74) is 1.30. The van der Waals surface area contributed by atoms with Crippen molar-refractivity contribution in [3.05, 3.63) is 12.2 Å². The van der Waals surface area contributed by atoms with Gasteiger partial charge in [0.25, 0.3) is 0 Å². The van der Waals surface area contributed by atoms with Crippen LogP contribution >= 0.6 is 11.6 Å². The van der Waals surface area contributed by atoms with E-state index in [2.05, 4.69) is 20.4 Å². The maximum Gasteiger partial charge on any atom is 0.0364 e. The molecule has 1 saturated carbocycles. The Balaban J connectivity index is 2.42. The smallest absolute Gasteiger partial charge is 0.0364 e. The second kappa shape index (κ2) is 3.62. The first-order valence-corrected chi connectivity index (χ1v) is 4.83. The van der Waals surface area contributed by atoms with E-state index >= 15 is 0 Å². The molecule has 0 aromatic heterocycles. The molecule has 0 saturated heterocycles. The molecule has 1 aliphatic carbocycles. The maximum atomic E-state index is 6.11. The van der Waals surface area contributed by atoms with Crippen LogP contribution in [-0.4, -0.2) is 5.38 Å². The Bertz CT molecular complexity index is 151. The van der Waals surface area contributed by atoms with Gasteiger partial charge < -0.3 is 0 Å². The second-order valence-corrected chi connectivity index (χ2v) is 4.43. The van der Waals surface area contributed by atoms with E-state index in [0.717, 1.165) is 5.92 Å². The highest BCUT2D eigenvalue weighted by molar-refractivity contribution is 6.20. The number of rotatable bonds is 2. The van der Waals surface area contributed by atoms with Crippen molar-refractivity contribution in [2.24, 2.45) is 11.8 Å². The first kappa shape index (κ1) is 9.12. The van der Waals surface area contributed by atoms with Crippen LogP contribution < -0.4 is 0 Å². The first-order valence-electron chi connectivity index (χ1n) is 4.39. The van der Waals surface area contributed by atoms with Crippen molar-refractivity contribution >= 4 is 11.6 Å². The van der Waals surface area contributed by atoms with Gasteiger partial charge in [-0.1, -0.05) is 12.5 Å². The molecule has 0 heterocycles. The Morgan fingerprint density at radius 3 is 2.55 bits per heavy atom. The summed E-state index contributed by atoms with van der Waals surface area (Å²) < 4.78 is 0. The highest BCUT2D eigenvalue weighted by Gasteiger charge is 2.30. The molecule has 0 spiro atoms. The largest absolute Gasteiger partial charge is 0.123 e. The van der Waals surface area contributed by atoms with Crippen LogP contribution in [-0.2, 0) is 0 Å². The van der Waals surface area contributed by atoms with Gasteiger partial charge in [-0.05, 0) is 38.0 Å². The van der Waals surface area contributed by atoms with Gasteiger partial charge in [-0.2, -0.15) is 0 Å². The van der Waals surface area contributed by atoms with Crippen molar-refractivity contribution in [1.82, 2.24) is 0 Å². The van der Waals surface area contributed by atoms with Gasteiger partial charge >= 0.3 is 0 Å². The van der Waals surface area contributed by atoms with Crippen molar-refractivity contribution in [3.63, 3.8) is 0 Å². The predicted molar refractivity (Wildman–Crippen MR) is 51.0 cm³/mol. The molecule has 3 atom stereocenters. The summed E-state index contributed by atoms with van der Waals surface area (Å²) in [5.74, 6) is 1.49. The lowest BCUT2D eigenvalue weighted by atomic mass is 9.92. The van der Waals surface area contributed by atoms with Crippen LogP contribution in [0.25, 0.3) is 0 Å². The fourth-order valence-corrected chi connectivity index (χ4v) is 2.26. The molecule has 3 unspecified atom stereocenters. The summed E-state index contributed by atoms with van der Waals surface area (Å²) in [4.78, 5) is 0. The zero-order chi connectivity index (χ0) is 8.43. The monoisotopic (exact) mass is 172 g/mol. The molecule has 0 bridgehead atoms. The molecular weight excluding hydrogens is 156 g/mol. The molecule has 0 aliphatic heterocycles. The van der Waals surface area contributed by atoms with Crippen LogP contribution in [0, 0.1) is 11.8 Å². The lowest BCUT2D eigenvalue weighted by molar-refractivity contribution is 0.419. The first-order chi connectivity index (χ1) is 5.11. The summed E-state index contributed by atoms with van der Waals surface area (Å²) >= 11 is 6.11. The summed E-state index contributed by atoms with van der Waals surface area (Å²) in [7, 11) is 0. The Morgan fingerprint density at radius 1 is 1.55 bits per heavy atom. The van der Waals surface area contributed by atoms with E-state index in [4.69, 9.17) is 11.6 Å². The summed E-state index contributed by atoms with van der Waals surface area (Å²) in [6.45, 7) is 8.30. The molecule has 0 amide bonds. The number of hydrogen-bond acceptors (Lipinski definition) is 0. The van der Waals surface area contributed by atoms with Gasteiger partial charge in [0.05, 0.1) is 0 Å². The summed E-state index contributed by atoms with van der Waals surface area (Å²) in [6, 6.07) is 0. The Kier molecular flexibility index (Phi) is 3.00. The molecule has 11 heavy (non-hydrogen) atoms. The standard InChI is InChI=1S/C10H17Cl/c1-7(2)6-9-4-5-10(11)8(9)3/h8-10H,1,4-6H2,2-3H3. The second-order valence-electron chi connectivity index (χ2n) is 3.87. The van der Waals surface area contributed by atoms with Crippen molar-refractivity contribution < 1.29 is 0 Å². The van der Waals surface area contributed by atoms with Crippen molar-refractivity contribution in [2.45, 2.75) is 38.5 Å². The minimum atomic E-state index is 0.416. The van der Waals surface area contributed by atoms with E-state index in [1.165, 1.54) is 24.8 Å². The minimum absolute atomic E-state index is 0.416. The van der Waals surface area contributed by atoms with Crippen molar-refractivity contribution in [3.8, 4) is 0 Å². The molecule has 1 fully saturated rings. The third-order valence-electron chi connectivity index (χ3n) is 2.74. The van der Waals surface area contributed by atoms with E-state index in [1.807, 2.05) is 0 Å². The predicted octanol–water partition coefficient (Wildman–Crippen LogP) is 3.61. The average Bonchev–Trinajstić information content (AvgIpc) is 2.18. The average molecular weight is 173 g/mol. The fourth-order valence-electron chi connectivity index (χ4n) is 1.93.